The highest BCUT2D eigenvalue weighted by Crippen LogP contribution is 2.28. The lowest BCUT2D eigenvalue weighted by Gasteiger charge is -2.10. The molecule has 0 bridgehead atoms. The lowest BCUT2D eigenvalue weighted by molar-refractivity contribution is 0.0929. The number of carbonyl (C=O) groups is 1. The zero-order valence-corrected chi connectivity index (χ0v) is 36.2. The summed E-state index contributed by atoms with van der Waals surface area (Å²) in [5.41, 5.74) is 6.99. The number of aromatic nitrogens is 2. The molecule has 1 atom stereocenters. The third-order valence-electron chi connectivity index (χ3n) is 8.46. The molecule has 1 heterocycles. The van der Waals surface area contributed by atoms with Gasteiger partial charge in [0.05, 0.1) is 22.8 Å². The third kappa shape index (κ3) is 11.4. The van der Waals surface area contributed by atoms with Crippen LogP contribution in [-0.4, -0.2) is 21.0 Å². The number of benzene rings is 6. The number of hydrogen-bond donors (Lipinski definition) is 0. The minimum absolute atomic E-state index is 0.00794. The van der Waals surface area contributed by atoms with E-state index in [1.54, 1.807) is 21.3 Å². The molecule has 10 heteroatoms. The van der Waals surface area contributed by atoms with E-state index in [4.69, 9.17) is 0 Å². The van der Waals surface area contributed by atoms with E-state index in [1.165, 1.54) is 11.6 Å². The molecule has 6 aromatic carbocycles. The van der Waals surface area contributed by atoms with Crippen molar-refractivity contribution in [2.45, 2.75) is 20.3 Å². The van der Waals surface area contributed by atoms with Gasteiger partial charge < -0.3 is 0 Å². The molecule has 7 aromatic rings. The van der Waals surface area contributed by atoms with Gasteiger partial charge in [0, 0.05) is 40.6 Å². The lowest BCUT2D eigenvalue weighted by Crippen LogP contribution is -2.22. The lowest BCUT2D eigenvalue weighted by atomic mass is 9.93. The fourth-order valence-corrected chi connectivity index (χ4v) is 6.84. The van der Waals surface area contributed by atoms with Gasteiger partial charge in [0.1, 0.15) is 0 Å². The molecular weight excluding hydrogens is 950 g/mol. The van der Waals surface area contributed by atoms with Crippen molar-refractivity contribution >= 4 is 81.3 Å². The Labute approximate surface area is 354 Å². The zero-order chi connectivity index (χ0) is 39.3. The van der Waals surface area contributed by atoms with Crippen LogP contribution in [0.3, 0.4) is 0 Å². The van der Waals surface area contributed by atoms with E-state index in [0.29, 0.717) is 5.69 Å². The monoisotopic (exact) mass is 981 g/mol. The highest BCUT2D eigenvalue weighted by Gasteiger charge is 2.20. The Balaban J connectivity index is 0.000000178. The van der Waals surface area contributed by atoms with E-state index in [9.17, 15) is 14.4 Å². The predicted octanol–water partition coefficient (Wildman–Crippen LogP) is 13.1. The van der Waals surface area contributed by atoms with Gasteiger partial charge in [-0.1, -0.05) is 143 Å². The van der Waals surface area contributed by atoms with Crippen molar-refractivity contribution in [2.75, 3.05) is 0 Å². The Morgan fingerprint density at radius 1 is 0.618 bits per heavy atom. The summed E-state index contributed by atoms with van der Waals surface area (Å²) < 4.78 is 7.53. The van der Waals surface area contributed by atoms with Crippen LogP contribution in [0.4, 0.5) is 5.69 Å². The van der Waals surface area contributed by atoms with Crippen molar-refractivity contribution in [1.82, 2.24) is 9.13 Å². The predicted molar refractivity (Wildman–Crippen MR) is 237 cm³/mol. The highest BCUT2D eigenvalue weighted by atomic mass is 79.9. The summed E-state index contributed by atoms with van der Waals surface area (Å²) in [5.74, 6) is 0.215. The largest absolute Gasteiger partial charge is 0.338 e. The first-order valence-electron chi connectivity index (χ1n) is 17.1. The number of halogens is 4. The van der Waals surface area contributed by atoms with Crippen LogP contribution in [0.2, 0.25) is 0 Å². The molecule has 7 rings (SSSR count). The van der Waals surface area contributed by atoms with Gasteiger partial charge in [-0.2, -0.15) is 4.99 Å². The van der Waals surface area contributed by atoms with Gasteiger partial charge in [-0.15, -0.1) is 0 Å². The maximum atomic E-state index is 13.5. The van der Waals surface area contributed by atoms with Crippen molar-refractivity contribution in [1.29, 1.82) is 0 Å². The summed E-state index contributed by atoms with van der Waals surface area (Å²) in [6, 6.07) is 50.3. The number of nitrogens with zero attached hydrogens (tertiary/aromatic N) is 3. The highest BCUT2D eigenvalue weighted by molar-refractivity contribution is 9.11. The fraction of sp³-hybridized carbons (Fsp3) is 0.0889. The van der Waals surface area contributed by atoms with Crippen LogP contribution in [0.1, 0.15) is 28.5 Å². The maximum Gasteiger partial charge on any atom is 0.338 e. The summed E-state index contributed by atoms with van der Waals surface area (Å²) in [6.45, 7) is 3.97. The summed E-state index contributed by atoms with van der Waals surface area (Å²) in [6.07, 6.45) is 2.24. The second-order valence-electron chi connectivity index (χ2n) is 12.3. The van der Waals surface area contributed by atoms with E-state index >= 15 is 0 Å². The van der Waals surface area contributed by atoms with Crippen molar-refractivity contribution in [2.24, 2.45) is 10.9 Å². The molecule has 1 aromatic heterocycles. The van der Waals surface area contributed by atoms with E-state index in [2.05, 4.69) is 80.8 Å². The van der Waals surface area contributed by atoms with E-state index in [0.717, 1.165) is 58.2 Å². The number of hydrogen-bond acceptors (Lipinski definition) is 4. The minimum Gasteiger partial charge on any atom is -0.294 e. The van der Waals surface area contributed by atoms with E-state index in [-0.39, 0.29) is 17.4 Å². The first kappa shape index (κ1) is 41.5. The first-order chi connectivity index (χ1) is 26.5. The summed E-state index contributed by atoms with van der Waals surface area (Å²) >= 11 is 13.6. The van der Waals surface area contributed by atoms with Gasteiger partial charge in [0.25, 0.3) is 0 Å². The van der Waals surface area contributed by atoms with Crippen LogP contribution in [0.25, 0.3) is 22.6 Å². The van der Waals surface area contributed by atoms with E-state index < -0.39 is 0 Å². The van der Waals surface area contributed by atoms with Crippen molar-refractivity contribution < 1.29 is 9.59 Å². The molecule has 55 heavy (non-hydrogen) atoms. The van der Waals surface area contributed by atoms with Crippen molar-refractivity contribution in [3.63, 3.8) is 0 Å². The van der Waals surface area contributed by atoms with Crippen molar-refractivity contribution in [3.05, 3.63) is 203 Å². The Hall–Kier alpha value is -4.70. The Bertz CT molecular complexity index is 2420. The molecule has 6 nitrogen and oxygen atoms in total. The van der Waals surface area contributed by atoms with Crippen LogP contribution < -0.4 is 5.69 Å². The van der Waals surface area contributed by atoms with Gasteiger partial charge in [0.2, 0.25) is 6.08 Å². The third-order valence-corrected chi connectivity index (χ3v) is 10.6. The number of aliphatic imine (C=N–C) groups is 1. The number of Topliss-reactive ketones (excluding diaryl/α,β-unsaturated/α-hetero) is 1. The van der Waals surface area contributed by atoms with Crippen LogP contribution in [0.5, 0.6) is 0 Å². The van der Waals surface area contributed by atoms with Gasteiger partial charge in [-0.05, 0) is 104 Å². The van der Waals surface area contributed by atoms with Crippen LogP contribution in [0.15, 0.2) is 185 Å². The second-order valence-corrected chi connectivity index (χ2v) is 16.0. The molecule has 0 saturated heterocycles. The Kier molecular flexibility index (Phi) is 15.3. The number of isocyanates is 1. The van der Waals surface area contributed by atoms with Crippen LogP contribution >= 0.6 is 63.7 Å². The molecular formula is C45H35Br4N3O3. The molecule has 0 aliphatic heterocycles. The topological polar surface area (TPSA) is 73.4 Å². The molecule has 0 aliphatic rings. The molecule has 0 aliphatic carbocycles. The summed E-state index contributed by atoms with van der Waals surface area (Å²) in [5, 5.41) is 0. The van der Waals surface area contributed by atoms with E-state index in [1.807, 2.05) is 147 Å². The van der Waals surface area contributed by atoms with Gasteiger partial charge >= 0.3 is 5.69 Å². The van der Waals surface area contributed by atoms with Gasteiger partial charge in [0.15, 0.2) is 5.78 Å². The molecule has 0 spiro atoms. The fourth-order valence-electron chi connectivity index (χ4n) is 5.79. The van der Waals surface area contributed by atoms with Crippen LogP contribution in [0, 0.1) is 12.8 Å². The van der Waals surface area contributed by atoms with Gasteiger partial charge in [-0.3, -0.25) is 13.9 Å². The maximum absolute atomic E-state index is 13.5. The average molecular weight is 985 g/mol. The SMILES string of the molecule is CC(Cc1ccc(Br)cc1)C(=O)c1ccccc1.Cc1c(-c2ccccc2)n(-c2ccc(Br)cc2)c(=O)n1-c1ccc(Br)cc1.O=C=Nc1ccc(Br)cc1. The molecule has 276 valence electrons. The summed E-state index contributed by atoms with van der Waals surface area (Å²) in [7, 11) is 0. The number of carbonyl (C=O) groups excluding carboxylic acids is 2. The molecule has 0 N–H and O–H groups in total. The molecule has 0 saturated carbocycles. The Morgan fingerprint density at radius 2 is 1.05 bits per heavy atom. The smallest absolute Gasteiger partial charge is 0.294 e. The molecule has 0 radical (unpaired) electrons. The van der Waals surface area contributed by atoms with Crippen LogP contribution in [-0.2, 0) is 11.2 Å². The van der Waals surface area contributed by atoms with Gasteiger partial charge in [-0.25, -0.2) is 9.59 Å². The minimum atomic E-state index is -0.0870. The molecule has 0 fully saturated rings. The molecule has 0 amide bonds. The summed E-state index contributed by atoms with van der Waals surface area (Å²) in [4.78, 5) is 38.8. The number of rotatable bonds is 8. The van der Waals surface area contributed by atoms with Crippen molar-refractivity contribution in [3.8, 4) is 22.6 Å². The molecule has 1 unspecified atom stereocenters. The zero-order valence-electron chi connectivity index (χ0n) is 29.9. The Morgan fingerprint density at radius 3 is 1.55 bits per heavy atom. The normalized spacial score (nSPS) is 10.9. The number of ketones is 1. The quantitative estimate of drug-likeness (QED) is 0.0865. The average Bonchev–Trinajstić information content (AvgIpc) is 3.47. The second kappa shape index (κ2) is 20.3. The number of imidazole rings is 1. The first-order valence-corrected chi connectivity index (χ1v) is 20.3. The standard InChI is InChI=1S/C22H16Br2N2O.C16H15BrO.C7H4BrNO/c1-15-21(16-5-3-2-4-6-16)26(20-13-9-18(24)10-14-20)22(27)25(15)19-11-7-17(23)8-12-19;1-12(11-13-7-9-15(17)10-8-13)16(18)14-5-3-2-4-6-14;8-6-1-3-7(4-2-6)9-5-10/h2-14H,1H3;2-10,12H,11H2,1H3;1-4H.